The molecule has 182 valence electrons. The van der Waals surface area contributed by atoms with Gasteiger partial charge in [0.05, 0.1) is 14.2 Å². The first-order valence-electron chi connectivity index (χ1n) is 10.5. The van der Waals surface area contributed by atoms with Gasteiger partial charge in [-0.25, -0.2) is 0 Å². The summed E-state index contributed by atoms with van der Waals surface area (Å²) in [4.78, 5) is 0.754. The van der Waals surface area contributed by atoms with Gasteiger partial charge in [-0.1, -0.05) is 24.3 Å². The molecular formula is C24H19N5O6S. The van der Waals surface area contributed by atoms with E-state index in [9.17, 15) is 13.0 Å². The van der Waals surface area contributed by atoms with E-state index in [-0.39, 0.29) is 16.5 Å². The fourth-order valence-electron chi connectivity index (χ4n) is 3.52. The third kappa shape index (κ3) is 4.54. The van der Waals surface area contributed by atoms with Crippen molar-refractivity contribution in [3.05, 3.63) is 72.1 Å². The van der Waals surface area contributed by atoms with Gasteiger partial charge in [0.2, 0.25) is 11.8 Å². The molecule has 11 nitrogen and oxygen atoms in total. The second-order valence-electron chi connectivity index (χ2n) is 7.53. The Bertz CT molecular complexity index is 1650. The van der Waals surface area contributed by atoms with Gasteiger partial charge in [-0.15, -0.1) is 25.2 Å². The van der Waals surface area contributed by atoms with Gasteiger partial charge >= 0.3 is 0 Å². The highest BCUT2D eigenvalue weighted by Crippen LogP contribution is 2.31. The molecule has 0 unspecified atom stereocenters. The lowest BCUT2D eigenvalue weighted by molar-refractivity contribution is 0.356. The topological polar surface area (TPSA) is 142 Å². The summed E-state index contributed by atoms with van der Waals surface area (Å²) in [6, 6.07) is 17.0. The van der Waals surface area contributed by atoms with Crippen molar-refractivity contribution in [2.75, 3.05) is 14.2 Å². The van der Waals surface area contributed by atoms with E-state index in [1.165, 1.54) is 26.4 Å². The Morgan fingerprint density at radius 3 is 2.17 bits per heavy atom. The highest BCUT2D eigenvalue weighted by molar-refractivity contribution is 7.86. The zero-order valence-corrected chi connectivity index (χ0v) is 19.9. The van der Waals surface area contributed by atoms with Gasteiger partial charge in [0.1, 0.15) is 21.6 Å². The van der Waals surface area contributed by atoms with Crippen molar-refractivity contribution in [3.8, 4) is 28.6 Å². The van der Waals surface area contributed by atoms with E-state index < -0.39 is 10.1 Å². The molecule has 0 bridgehead atoms. The fraction of sp³-hybridized carbons (Fsp3) is 0.0833. The fourth-order valence-corrected chi connectivity index (χ4v) is 4.22. The predicted octanol–water partition coefficient (Wildman–Crippen LogP) is 3.90. The highest BCUT2D eigenvalue weighted by Gasteiger charge is 2.20. The minimum atomic E-state index is -4.62. The molecule has 0 aliphatic carbocycles. The lowest BCUT2D eigenvalue weighted by Crippen LogP contribution is -2.08. The summed E-state index contributed by atoms with van der Waals surface area (Å²) >= 11 is 0. The molecule has 3 aromatic carbocycles. The van der Waals surface area contributed by atoms with Gasteiger partial charge in [0.15, 0.2) is 11.5 Å². The number of nitrogens with zero attached hydrogens (tertiary/aromatic N) is 5. The maximum absolute atomic E-state index is 12.2. The largest absolute Gasteiger partial charge is 0.493 e. The minimum absolute atomic E-state index is 0.0629. The summed E-state index contributed by atoms with van der Waals surface area (Å²) in [5, 5.41) is 16.7. The van der Waals surface area contributed by atoms with Crippen molar-refractivity contribution in [3.63, 3.8) is 0 Å². The summed E-state index contributed by atoms with van der Waals surface area (Å²) in [6.45, 7) is 0. The lowest BCUT2D eigenvalue weighted by atomic mass is 10.2. The van der Waals surface area contributed by atoms with Crippen LogP contribution >= 0.6 is 0 Å². The zero-order chi connectivity index (χ0) is 25.3. The van der Waals surface area contributed by atoms with E-state index in [0.29, 0.717) is 34.0 Å². The van der Waals surface area contributed by atoms with Gasteiger partial charge < -0.3 is 13.9 Å². The highest BCUT2D eigenvalue weighted by atomic mass is 32.2. The van der Waals surface area contributed by atoms with Crippen molar-refractivity contribution in [2.24, 2.45) is 0 Å². The first-order chi connectivity index (χ1) is 17.4. The van der Waals surface area contributed by atoms with E-state index in [0.717, 1.165) is 10.4 Å². The van der Waals surface area contributed by atoms with Crippen LogP contribution in [0, 0.1) is 0 Å². The van der Waals surface area contributed by atoms with E-state index in [2.05, 4.69) is 20.4 Å². The van der Waals surface area contributed by atoms with Crippen LogP contribution in [0.1, 0.15) is 11.5 Å². The number of aromatic nitrogens is 5. The van der Waals surface area contributed by atoms with Gasteiger partial charge in [-0.05, 0) is 35.9 Å². The van der Waals surface area contributed by atoms with Crippen molar-refractivity contribution >= 4 is 33.3 Å². The smallest absolute Gasteiger partial charge is 0.296 e. The molecule has 0 aliphatic heterocycles. The zero-order valence-electron chi connectivity index (χ0n) is 19.1. The van der Waals surface area contributed by atoms with Crippen LogP contribution in [0.4, 0.5) is 0 Å². The molecule has 5 rings (SSSR count). The van der Waals surface area contributed by atoms with Gasteiger partial charge in [0, 0.05) is 23.8 Å². The molecule has 12 heteroatoms. The predicted molar refractivity (Wildman–Crippen MR) is 130 cm³/mol. The number of benzene rings is 3. The molecule has 2 heterocycles. The molecule has 0 fully saturated rings. The van der Waals surface area contributed by atoms with Crippen molar-refractivity contribution in [2.45, 2.75) is 4.90 Å². The van der Waals surface area contributed by atoms with Crippen LogP contribution in [-0.2, 0) is 10.1 Å². The first kappa shape index (κ1) is 23.2. The molecule has 1 N–H and O–H groups in total. The quantitative estimate of drug-likeness (QED) is 0.323. The first-order valence-corrected chi connectivity index (χ1v) is 12.0. The summed E-state index contributed by atoms with van der Waals surface area (Å²) in [5.41, 5.74) is 2.20. The van der Waals surface area contributed by atoms with Crippen molar-refractivity contribution < 1.29 is 26.9 Å². The van der Waals surface area contributed by atoms with Crippen LogP contribution < -0.4 is 9.47 Å². The molecular weight excluding hydrogens is 486 g/mol. The van der Waals surface area contributed by atoms with Crippen LogP contribution in [0.2, 0.25) is 0 Å². The van der Waals surface area contributed by atoms with Crippen LogP contribution in [0.25, 0.3) is 40.3 Å². The van der Waals surface area contributed by atoms with Gasteiger partial charge in [-0.2, -0.15) is 8.42 Å². The number of hydrogen-bond donors (Lipinski definition) is 1. The molecule has 0 atom stereocenters. The lowest BCUT2D eigenvalue weighted by Gasteiger charge is -2.07. The van der Waals surface area contributed by atoms with Crippen LogP contribution in [0.3, 0.4) is 0 Å². The summed E-state index contributed by atoms with van der Waals surface area (Å²) in [6.07, 6.45) is 3.13. The Hall–Kier alpha value is -4.55. The van der Waals surface area contributed by atoms with E-state index >= 15 is 0 Å². The molecule has 2 aromatic heterocycles. The maximum atomic E-state index is 12.2. The molecule has 0 saturated heterocycles. The van der Waals surface area contributed by atoms with Crippen LogP contribution in [-0.4, -0.2) is 52.4 Å². The van der Waals surface area contributed by atoms with Crippen molar-refractivity contribution in [1.82, 2.24) is 25.2 Å². The number of methoxy groups -OCH3 is 2. The van der Waals surface area contributed by atoms with E-state index in [4.69, 9.17) is 13.9 Å². The minimum Gasteiger partial charge on any atom is -0.493 e. The maximum Gasteiger partial charge on any atom is 0.296 e. The SMILES string of the molecule is COc1cc2nn(-c3ccc(/C=C/c4nnc(-c5ccccc5)o4)cc3S(=O)(=O)O)nc2cc1OC. The second-order valence-corrected chi connectivity index (χ2v) is 8.92. The van der Waals surface area contributed by atoms with Crippen LogP contribution in [0.15, 0.2) is 70.0 Å². The molecule has 0 aliphatic rings. The molecule has 0 saturated carbocycles. The second kappa shape index (κ2) is 9.24. The number of rotatable bonds is 7. The normalized spacial score (nSPS) is 11.9. The van der Waals surface area contributed by atoms with Crippen molar-refractivity contribution in [1.29, 1.82) is 0 Å². The molecule has 0 radical (unpaired) electrons. The number of fused-ring (bicyclic) bond motifs is 1. The Balaban J connectivity index is 1.50. The Morgan fingerprint density at radius 1 is 0.889 bits per heavy atom. The Kier molecular flexibility index (Phi) is 5.96. The average Bonchev–Trinajstić information content (AvgIpc) is 3.53. The van der Waals surface area contributed by atoms with Gasteiger partial charge in [-0.3, -0.25) is 4.55 Å². The molecule has 36 heavy (non-hydrogen) atoms. The third-order valence-corrected chi connectivity index (χ3v) is 6.13. The summed E-state index contributed by atoms with van der Waals surface area (Å²) in [7, 11) is -1.63. The standard InChI is InChI=1S/C24H19N5O6S/c1-33-20-13-17-18(14-21(20)34-2)28-29(27-17)19-10-8-15(12-22(19)36(30,31)32)9-11-23-25-26-24(35-23)16-6-4-3-5-7-16/h3-14H,1-2H3,(H,30,31,32)/b11-9+. The third-order valence-electron chi connectivity index (χ3n) is 5.24. The summed E-state index contributed by atoms with van der Waals surface area (Å²) < 4.78 is 50.5. The van der Waals surface area contributed by atoms with Crippen LogP contribution in [0.5, 0.6) is 11.5 Å². The number of hydrogen-bond acceptors (Lipinski definition) is 9. The van der Waals surface area contributed by atoms with E-state index in [1.54, 1.807) is 30.4 Å². The average molecular weight is 506 g/mol. The monoisotopic (exact) mass is 505 g/mol. The van der Waals surface area contributed by atoms with E-state index in [1.807, 2.05) is 30.3 Å². The summed E-state index contributed by atoms with van der Waals surface area (Å²) in [5.74, 6) is 1.48. The van der Waals surface area contributed by atoms with Gasteiger partial charge in [0.25, 0.3) is 10.1 Å². The Morgan fingerprint density at radius 2 is 1.56 bits per heavy atom. The molecule has 0 spiro atoms. The number of ether oxygens (including phenoxy) is 2. The molecule has 0 amide bonds. The molecule has 5 aromatic rings. The Labute approximate surface area is 205 Å².